The number of rotatable bonds is 26. The van der Waals surface area contributed by atoms with Gasteiger partial charge in [-0.05, 0) is 124 Å². The molecule has 4 rings (SSSR count). The molecule has 4 aliphatic rings. The molecule has 3 saturated carbocycles. The van der Waals surface area contributed by atoms with E-state index in [0.29, 0.717) is 38.0 Å². The van der Waals surface area contributed by atoms with Gasteiger partial charge in [0.25, 0.3) is 0 Å². The predicted octanol–water partition coefficient (Wildman–Crippen LogP) is 11.1. The van der Waals surface area contributed by atoms with E-state index in [-0.39, 0.29) is 36.0 Å². The Morgan fingerprint density at radius 1 is 0.825 bits per heavy atom. The highest BCUT2D eigenvalue weighted by atomic mass is 16.6. The quantitative estimate of drug-likeness (QED) is 0.0596. The van der Waals surface area contributed by atoms with Crippen LogP contribution in [0.1, 0.15) is 196 Å². The Morgan fingerprint density at radius 3 is 2.26 bits per heavy atom. The molecule has 0 radical (unpaired) electrons. The summed E-state index contributed by atoms with van der Waals surface area (Å²) in [5.74, 6) is 4.85. The van der Waals surface area contributed by atoms with Crippen molar-refractivity contribution in [2.75, 3.05) is 32.7 Å². The summed E-state index contributed by atoms with van der Waals surface area (Å²) in [7, 11) is 0. The number of carbonyl (C=O) groups is 3. The monoisotopic (exact) mass is 797 g/mol. The summed E-state index contributed by atoms with van der Waals surface area (Å²) in [4.78, 5) is 40.5. The zero-order chi connectivity index (χ0) is 41.3. The maximum atomic E-state index is 13.2. The molecule has 0 unspecified atom stereocenters. The Balaban J connectivity index is 1.18. The van der Waals surface area contributed by atoms with Crippen LogP contribution in [0.4, 0.5) is 4.79 Å². The molecule has 0 spiro atoms. The van der Waals surface area contributed by atoms with Gasteiger partial charge in [-0.1, -0.05) is 124 Å². The molecule has 0 heterocycles. The summed E-state index contributed by atoms with van der Waals surface area (Å²) in [6.45, 7) is 16.9. The van der Waals surface area contributed by atoms with E-state index in [2.05, 4.69) is 58.3 Å². The van der Waals surface area contributed by atoms with Crippen LogP contribution in [0.3, 0.4) is 0 Å². The third-order valence-corrected chi connectivity index (χ3v) is 15.5. The van der Waals surface area contributed by atoms with Gasteiger partial charge < -0.3 is 26.0 Å². The van der Waals surface area contributed by atoms with Gasteiger partial charge in [0, 0.05) is 32.5 Å². The number of nitrogens with one attached hydrogen (secondary N) is 2. The molecule has 4 aliphatic carbocycles. The smallest absolute Gasteiger partial charge is 0.407 e. The normalized spacial score (nSPS) is 28.5. The second-order valence-electron chi connectivity index (χ2n) is 20.1. The number of carbonyl (C=O) groups excluding carboxylic acids is 3. The minimum atomic E-state index is -0.330. The number of nitrogens with zero attached hydrogens (tertiary/aromatic N) is 1. The highest BCUT2D eigenvalue weighted by Gasteiger charge is 2.59. The van der Waals surface area contributed by atoms with Crippen molar-refractivity contribution in [3.8, 4) is 0 Å². The third kappa shape index (κ3) is 14.0. The number of amides is 3. The van der Waals surface area contributed by atoms with Gasteiger partial charge in [-0.2, -0.15) is 0 Å². The standard InChI is InChI=1S/C49H88N4O4/c1-7-8-9-10-11-12-13-14-15-22-46(55)53(36-45(54)51-33-19-31-50)34-17-16-32-52-47(56)57-40-27-29-48(5)39(35-40)23-24-41-43-26-25-42(38(4)21-18-20-37(2)3)49(43,6)30-28-44(41)48/h23,37-38,40-44H,7-22,24-36,50H2,1-6H3,(H,51,54)(H,52,56)/t38-,40+,41+,42-,43+,44+,48+,49-/m1/s1. The molecule has 3 amide bonds. The van der Waals surface area contributed by atoms with Crippen molar-refractivity contribution < 1.29 is 19.1 Å². The first kappa shape index (κ1) is 47.6. The summed E-state index contributed by atoms with van der Waals surface area (Å²) >= 11 is 0. The molecule has 4 N–H and O–H groups in total. The summed E-state index contributed by atoms with van der Waals surface area (Å²) in [5.41, 5.74) is 7.87. The van der Waals surface area contributed by atoms with E-state index in [9.17, 15) is 14.4 Å². The van der Waals surface area contributed by atoms with Crippen LogP contribution in [0, 0.1) is 46.3 Å². The lowest BCUT2D eigenvalue weighted by Crippen LogP contribution is -2.51. The molecule has 0 bridgehead atoms. The Labute approximate surface area is 349 Å². The van der Waals surface area contributed by atoms with E-state index >= 15 is 0 Å². The van der Waals surface area contributed by atoms with Crippen molar-refractivity contribution >= 4 is 17.9 Å². The molecule has 0 aromatic carbocycles. The van der Waals surface area contributed by atoms with Crippen LogP contribution in [0.2, 0.25) is 0 Å². The second kappa shape index (κ2) is 24.2. The van der Waals surface area contributed by atoms with Gasteiger partial charge in [-0.15, -0.1) is 0 Å². The number of ether oxygens (including phenoxy) is 1. The van der Waals surface area contributed by atoms with Crippen LogP contribution >= 0.6 is 0 Å². The number of fused-ring (bicyclic) bond motifs is 5. The fourth-order valence-corrected chi connectivity index (χ4v) is 12.2. The van der Waals surface area contributed by atoms with Crippen LogP contribution < -0.4 is 16.4 Å². The number of alkyl carbamates (subject to hydrolysis) is 1. The SMILES string of the molecule is CCCCCCCCCCCC(=O)N(CCCCNC(=O)O[C@H]1CC[C@@]2(C)C(=CC[C@H]3[C@@H]4CC[C@H]([C@H](C)CCCC(C)C)[C@@]4(C)CC[C@@H]32)C1)CC(=O)NCCCN. The van der Waals surface area contributed by atoms with Crippen molar-refractivity contribution in [3.63, 3.8) is 0 Å². The van der Waals surface area contributed by atoms with Gasteiger partial charge >= 0.3 is 6.09 Å². The molecule has 8 atom stereocenters. The zero-order valence-corrected chi connectivity index (χ0v) is 37.8. The summed E-state index contributed by atoms with van der Waals surface area (Å²) in [6, 6.07) is 0. The molecule has 0 aliphatic heterocycles. The van der Waals surface area contributed by atoms with E-state index in [0.717, 1.165) is 93.3 Å². The Bertz CT molecular complexity index is 1250. The van der Waals surface area contributed by atoms with Gasteiger partial charge in [0.15, 0.2) is 0 Å². The first-order valence-corrected chi connectivity index (χ1v) is 24.3. The Kier molecular flexibility index (Phi) is 20.2. The van der Waals surface area contributed by atoms with Gasteiger partial charge in [0.05, 0.1) is 6.54 Å². The maximum Gasteiger partial charge on any atom is 0.407 e. The molecule has 0 aromatic rings. The van der Waals surface area contributed by atoms with Gasteiger partial charge in [0.2, 0.25) is 11.8 Å². The molecule has 0 aromatic heterocycles. The highest BCUT2D eigenvalue weighted by molar-refractivity contribution is 5.84. The summed E-state index contributed by atoms with van der Waals surface area (Å²) < 4.78 is 6.04. The molecular formula is C49H88N4O4. The van der Waals surface area contributed by atoms with Crippen LogP contribution in [-0.2, 0) is 14.3 Å². The largest absolute Gasteiger partial charge is 0.446 e. The van der Waals surface area contributed by atoms with E-state index in [4.69, 9.17) is 10.5 Å². The minimum absolute atomic E-state index is 0.0451. The van der Waals surface area contributed by atoms with Crippen molar-refractivity contribution in [2.45, 2.75) is 202 Å². The second-order valence-corrected chi connectivity index (χ2v) is 20.1. The van der Waals surface area contributed by atoms with Gasteiger partial charge in [0.1, 0.15) is 6.10 Å². The fraction of sp³-hybridized carbons (Fsp3) is 0.898. The van der Waals surface area contributed by atoms with Crippen LogP contribution in [0.15, 0.2) is 11.6 Å². The highest BCUT2D eigenvalue weighted by Crippen LogP contribution is 2.67. The summed E-state index contributed by atoms with van der Waals surface area (Å²) in [5, 5.41) is 5.89. The average Bonchev–Trinajstić information content (AvgIpc) is 3.54. The maximum absolute atomic E-state index is 13.2. The molecule has 57 heavy (non-hydrogen) atoms. The number of unbranched alkanes of at least 4 members (excludes halogenated alkanes) is 9. The topological polar surface area (TPSA) is 114 Å². The lowest BCUT2D eigenvalue weighted by atomic mass is 9.47. The van der Waals surface area contributed by atoms with Crippen LogP contribution in [0.5, 0.6) is 0 Å². The minimum Gasteiger partial charge on any atom is -0.446 e. The Hall–Kier alpha value is -2.09. The zero-order valence-electron chi connectivity index (χ0n) is 37.8. The third-order valence-electron chi connectivity index (χ3n) is 15.5. The molecular weight excluding hydrogens is 709 g/mol. The molecule has 0 saturated heterocycles. The lowest BCUT2D eigenvalue weighted by molar-refractivity contribution is -0.136. The fourth-order valence-electron chi connectivity index (χ4n) is 12.2. The number of nitrogens with two attached hydrogens (primary N) is 1. The van der Waals surface area contributed by atoms with Gasteiger partial charge in [-0.25, -0.2) is 4.79 Å². The van der Waals surface area contributed by atoms with E-state index in [1.807, 2.05) is 0 Å². The summed E-state index contributed by atoms with van der Waals surface area (Å²) in [6.07, 6.45) is 29.5. The van der Waals surface area contributed by atoms with E-state index in [1.165, 1.54) is 89.9 Å². The van der Waals surface area contributed by atoms with E-state index < -0.39 is 0 Å². The van der Waals surface area contributed by atoms with Crippen molar-refractivity contribution in [1.82, 2.24) is 15.5 Å². The number of hydrogen-bond donors (Lipinski definition) is 3. The molecule has 8 heteroatoms. The van der Waals surface area contributed by atoms with Crippen LogP contribution in [0.25, 0.3) is 0 Å². The lowest BCUT2D eigenvalue weighted by Gasteiger charge is -2.58. The van der Waals surface area contributed by atoms with Crippen molar-refractivity contribution in [3.05, 3.63) is 11.6 Å². The van der Waals surface area contributed by atoms with Crippen molar-refractivity contribution in [1.29, 1.82) is 0 Å². The number of hydrogen-bond acceptors (Lipinski definition) is 5. The van der Waals surface area contributed by atoms with Gasteiger partial charge in [-0.3, -0.25) is 9.59 Å². The molecule has 3 fully saturated rings. The average molecular weight is 797 g/mol. The first-order chi connectivity index (χ1) is 27.4. The number of allylic oxidation sites excluding steroid dienone is 1. The Morgan fingerprint density at radius 2 is 1.54 bits per heavy atom. The predicted molar refractivity (Wildman–Crippen MR) is 236 cm³/mol. The van der Waals surface area contributed by atoms with Crippen molar-refractivity contribution in [2.24, 2.45) is 52.1 Å². The first-order valence-electron chi connectivity index (χ1n) is 24.3. The van der Waals surface area contributed by atoms with E-state index in [1.54, 1.807) is 10.5 Å². The molecule has 328 valence electrons. The molecule has 8 nitrogen and oxygen atoms in total. The van der Waals surface area contributed by atoms with Crippen LogP contribution in [-0.4, -0.2) is 61.6 Å².